The largest absolute Gasteiger partial charge is 0.371 e. The third kappa shape index (κ3) is 5.32. The summed E-state index contributed by atoms with van der Waals surface area (Å²) in [6.07, 6.45) is 2.40. The van der Waals surface area contributed by atoms with Crippen molar-refractivity contribution >= 4 is 27.5 Å². The van der Waals surface area contributed by atoms with Gasteiger partial charge in [-0.15, -0.1) is 0 Å². The highest BCUT2D eigenvalue weighted by Gasteiger charge is 2.23. The van der Waals surface area contributed by atoms with Crippen molar-refractivity contribution in [3.8, 4) is 0 Å². The molecule has 1 aliphatic heterocycles. The molecule has 1 aliphatic rings. The Kier molecular flexibility index (Phi) is 6.06. The maximum atomic E-state index is 11.7. The fourth-order valence-corrected chi connectivity index (χ4v) is 3.00. The Bertz CT molecular complexity index is 478. The van der Waals surface area contributed by atoms with Gasteiger partial charge in [-0.3, -0.25) is 4.79 Å². The van der Waals surface area contributed by atoms with Gasteiger partial charge in [0.15, 0.2) is 0 Å². The third-order valence-electron chi connectivity index (χ3n) is 3.87. The van der Waals surface area contributed by atoms with Gasteiger partial charge in [0, 0.05) is 42.3 Å². The molecule has 2 rings (SSSR count). The highest BCUT2D eigenvalue weighted by Crippen LogP contribution is 2.25. The molecular weight excluding hydrogens is 330 g/mol. The Morgan fingerprint density at radius 3 is 3.10 bits per heavy atom. The smallest absolute Gasteiger partial charge is 0.220 e. The Hall–Kier alpha value is -1.07. The number of amides is 1. The number of carbonyl (C=O) groups is 1. The normalized spacial score (nSPS) is 19.6. The van der Waals surface area contributed by atoms with Gasteiger partial charge >= 0.3 is 0 Å². The maximum Gasteiger partial charge on any atom is 0.220 e. The standard InChI is InChI=1S/C16H24BrN3O/c1-12(18)5-6-16(21)19-10-13-7-8-20(11-13)15-4-2-3-14(17)9-15/h2-4,9,12-13H,5-8,10-11,18H2,1H3,(H,19,21). The van der Waals surface area contributed by atoms with Crippen LogP contribution >= 0.6 is 15.9 Å². The van der Waals surface area contributed by atoms with E-state index in [0.717, 1.165) is 36.9 Å². The number of anilines is 1. The molecule has 1 amide bonds. The molecule has 0 radical (unpaired) electrons. The van der Waals surface area contributed by atoms with Gasteiger partial charge in [-0.1, -0.05) is 22.0 Å². The van der Waals surface area contributed by atoms with Crippen molar-refractivity contribution in [2.75, 3.05) is 24.5 Å². The number of benzene rings is 1. The van der Waals surface area contributed by atoms with E-state index in [-0.39, 0.29) is 11.9 Å². The molecule has 4 nitrogen and oxygen atoms in total. The second-order valence-corrected chi connectivity index (χ2v) is 6.82. The van der Waals surface area contributed by atoms with Gasteiger partial charge in [0.05, 0.1) is 0 Å². The van der Waals surface area contributed by atoms with E-state index in [0.29, 0.717) is 12.3 Å². The lowest BCUT2D eigenvalue weighted by molar-refractivity contribution is -0.121. The van der Waals surface area contributed by atoms with Crippen molar-refractivity contribution in [2.24, 2.45) is 11.7 Å². The number of hydrogen-bond donors (Lipinski definition) is 2. The molecule has 1 aromatic carbocycles. The second kappa shape index (κ2) is 7.80. The zero-order valence-corrected chi connectivity index (χ0v) is 14.1. The minimum Gasteiger partial charge on any atom is -0.371 e. The van der Waals surface area contributed by atoms with E-state index in [1.165, 1.54) is 5.69 Å². The van der Waals surface area contributed by atoms with Crippen LogP contribution in [0.2, 0.25) is 0 Å². The van der Waals surface area contributed by atoms with Crippen LogP contribution in [0.5, 0.6) is 0 Å². The fourth-order valence-electron chi connectivity index (χ4n) is 2.61. The summed E-state index contributed by atoms with van der Waals surface area (Å²) in [5.74, 6) is 0.649. The van der Waals surface area contributed by atoms with Crippen LogP contribution in [-0.2, 0) is 4.79 Å². The molecule has 5 heteroatoms. The predicted octanol–water partition coefficient (Wildman–Crippen LogP) is 2.52. The Morgan fingerprint density at radius 1 is 1.57 bits per heavy atom. The molecule has 2 atom stereocenters. The number of halogens is 1. The van der Waals surface area contributed by atoms with Gasteiger partial charge in [0.25, 0.3) is 0 Å². The first kappa shape index (κ1) is 16.3. The van der Waals surface area contributed by atoms with Gasteiger partial charge in [0.2, 0.25) is 5.91 Å². The molecule has 0 aromatic heterocycles. The Morgan fingerprint density at radius 2 is 2.38 bits per heavy atom. The molecule has 2 unspecified atom stereocenters. The highest BCUT2D eigenvalue weighted by atomic mass is 79.9. The molecule has 1 saturated heterocycles. The van der Waals surface area contributed by atoms with Crippen molar-refractivity contribution < 1.29 is 4.79 Å². The van der Waals surface area contributed by atoms with Gasteiger partial charge in [-0.25, -0.2) is 0 Å². The molecule has 1 fully saturated rings. The molecule has 0 bridgehead atoms. The van der Waals surface area contributed by atoms with E-state index in [1.54, 1.807) is 0 Å². The average molecular weight is 354 g/mol. The SMILES string of the molecule is CC(N)CCC(=O)NCC1CCN(c2cccc(Br)c2)C1. The second-order valence-electron chi connectivity index (χ2n) is 5.90. The number of nitrogens with one attached hydrogen (secondary N) is 1. The van der Waals surface area contributed by atoms with Crippen molar-refractivity contribution in [3.63, 3.8) is 0 Å². The van der Waals surface area contributed by atoms with Gasteiger partial charge in [-0.05, 0) is 43.9 Å². The topological polar surface area (TPSA) is 58.4 Å². The lowest BCUT2D eigenvalue weighted by atomic mass is 10.1. The zero-order chi connectivity index (χ0) is 15.2. The monoisotopic (exact) mass is 353 g/mol. The van der Waals surface area contributed by atoms with Crippen LogP contribution in [0.15, 0.2) is 28.7 Å². The summed E-state index contributed by atoms with van der Waals surface area (Å²) < 4.78 is 1.10. The predicted molar refractivity (Wildman–Crippen MR) is 90.4 cm³/mol. The summed E-state index contributed by atoms with van der Waals surface area (Å²) >= 11 is 3.51. The van der Waals surface area contributed by atoms with E-state index >= 15 is 0 Å². The van der Waals surface area contributed by atoms with Crippen molar-refractivity contribution in [1.82, 2.24) is 5.32 Å². The number of nitrogens with zero attached hydrogens (tertiary/aromatic N) is 1. The first-order valence-corrected chi connectivity index (χ1v) is 8.36. The summed E-state index contributed by atoms with van der Waals surface area (Å²) in [6.45, 7) is 4.75. The van der Waals surface area contributed by atoms with Gasteiger partial charge < -0.3 is 16.0 Å². The van der Waals surface area contributed by atoms with Crippen LogP contribution in [-0.4, -0.2) is 31.6 Å². The molecular formula is C16H24BrN3O. The minimum atomic E-state index is 0.0919. The molecule has 3 N–H and O–H groups in total. The third-order valence-corrected chi connectivity index (χ3v) is 4.37. The molecule has 21 heavy (non-hydrogen) atoms. The summed E-state index contributed by atoms with van der Waals surface area (Å²) in [6, 6.07) is 8.46. The number of carbonyl (C=O) groups excluding carboxylic acids is 1. The van der Waals surface area contributed by atoms with E-state index in [9.17, 15) is 4.79 Å². The molecule has 116 valence electrons. The molecule has 0 aliphatic carbocycles. The number of nitrogens with two attached hydrogens (primary N) is 1. The van der Waals surface area contributed by atoms with Crippen LogP contribution in [0.25, 0.3) is 0 Å². The van der Waals surface area contributed by atoms with E-state index in [1.807, 2.05) is 13.0 Å². The lowest BCUT2D eigenvalue weighted by Gasteiger charge is -2.19. The highest BCUT2D eigenvalue weighted by molar-refractivity contribution is 9.10. The molecule has 1 aromatic rings. The van der Waals surface area contributed by atoms with Crippen LogP contribution < -0.4 is 16.0 Å². The summed E-state index contributed by atoms with van der Waals surface area (Å²) in [5, 5.41) is 3.03. The van der Waals surface area contributed by atoms with Crippen LogP contribution in [0, 0.1) is 5.92 Å². The Balaban J connectivity index is 1.74. The van der Waals surface area contributed by atoms with Crippen molar-refractivity contribution in [3.05, 3.63) is 28.7 Å². The summed E-state index contributed by atoms with van der Waals surface area (Å²) in [7, 11) is 0. The average Bonchev–Trinajstić information content (AvgIpc) is 2.92. The first-order chi connectivity index (χ1) is 10.0. The van der Waals surface area contributed by atoms with Crippen LogP contribution in [0.1, 0.15) is 26.2 Å². The molecule has 1 heterocycles. The zero-order valence-electron chi connectivity index (χ0n) is 12.5. The minimum absolute atomic E-state index is 0.0919. The Labute approximate surface area is 135 Å². The quantitative estimate of drug-likeness (QED) is 0.825. The van der Waals surface area contributed by atoms with Crippen molar-refractivity contribution in [2.45, 2.75) is 32.2 Å². The van der Waals surface area contributed by atoms with Crippen LogP contribution in [0.3, 0.4) is 0 Å². The maximum absolute atomic E-state index is 11.7. The summed E-state index contributed by atoms with van der Waals surface area (Å²) in [5.41, 5.74) is 6.91. The van der Waals surface area contributed by atoms with E-state index < -0.39 is 0 Å². The summed E-state index contributed by atoms with van der Waals surface area (Å²) in [4.78, 5) is 14.1. The van der Waals surface area contributed by atoms with Gasteiger partial charge in [-0.2, -0.15) is 0 Å². The molecule has 0 spiro atoms. The van der Waals surface area contributed by atoms with Crippen LogP contribution in [0.4, 0.5) is 5.69 Å². The fraction of sp³-hybridized carbons (Fsp3) is 0.562. The molecule has 0 saturated carbocycles. The van der Waals surface area contributed by atoms with Gasteiger partial charge in [0.1, 0.15) is 0 Å². The van der Waals surface area contributed by atoms with E-state index in [4.69, 9.17) is 5.73 Å². The number of hydrogen-bond acceptors (Lipinski definition) is 3. The first-order valence-electron chi connectivity index (χ1n) is 7.57. The van der Waals surface area contributed by atoms with Crippen molar-refractivity contribution in [1.29, 1.82) is 0 Å². The van der Waals surface area contributed by atoms with E-state index in [2.05, 4.69) is 44.3 Å². The number of rotatable bonds is 6. The lowest BCUT2D eigenvalue weighted by Crippen LogP contribution is -2.31.